The highest BCUT2D eigenvalue weighted by atomic mass is 35.5. The average Bonchev–Trinajstić information content (AvgIpc) is 2.74. The summed E-state index contributed by atoms with van der Waals surface area (Å²) >= 11 is 5.98. The van der Waals surface area contributed by atoms with E-state index in [9.17, 15) is 0 Å². The predicted octanol–water partition coefficient (Wildman–Crippen LogP) is 5.06. The number of anilines is 1. The van der Waals surface area contributed by atoms with Crippen LogP contribution in [0.25, 0.3) is 22.9 Å². The van der Waals surface area contributed by atoms with Gasteiger partial charge in [-0.15, -0.1) is 0 Å². The zero-order valence-corrected chi connectivity index (χ0v) is 17.5. The third-order valence-electron chi connectivity index (χ3n) is 5.44. The molecule has 3 aromatic rings. The van der Waals surface area contributed by atoms with Crippen LogP contribution in [0, 0.1) is 0 Å². The Balaban J connectivity index is 1.66. The fourth-order valence-electron chi connectivity index (χ4n) is 3.97. The third-order valence-corrected chi connectivity index (χ3v) is 5.70. The van der Waals surface area contributed by atoms with Gasteiger partial charge in [0.15, 0.2) is 5.96 Å². The van der Waals surface area contributed by atoms with E-state index < -0.39 is 0 Å². The molecule has 154 valence electrons. The second-order valence-electron chi connectivity index (χ2n) is 7.66. The van der Waals surface area contributed by atoms with Gasteiger partial charge in [-0.05, 0) is 48.1 Å². The first kappa shape index (κ1) is 20.2. The van der Waals surface area contributed by atoms with Crippen LogP contribution in [0.2, 0.25) is 5.02 Å². The summed E-state index contributed by atoms with van der Waals surface area (Å²) in [6.07, 6.45) is 8.35. The number of hydrogen-bond donors (Lipinski definition) is 3. The molecule has 5 nitrogen and oxygen atoms in total. The maximum atomic E-state index is 5.98. The van der Waals surface area contributed by atoms with Crippen molar-refractivity contribution in [3.8, 4) is 0 Å². The van der Waals surface area contributed by atoms with Crippen LogP contribution in [0.5, 0.6) is 0 Å². The first-order valence-corrected chi connectivity index (χ1v) is 10.6. The molecule has 1 aliphatic rings. The van der Waals surface area contributed by atoms with Crippen LogP contribution < -0.4 is 16.8 Å². The van der Waals surface area contributed by atoms with Gasteiger partial charge in [-0.1, -0.05) is 66.9 Å². The van der Waals surface area contributed by atoms with Crippen LogP contribution in [0.1, 0.15) is 36.9 Å². The number of pyridine rings is 1. The minimum absolute atomic E-state index is 0.0672. The smallest absolute Gasteiger partial charge is 0.186 e. The Bertz CT molecular complexity index is 1070. The quantitative estimate of drug-likeness (QED) is 0.398. The highest BCUT2D eigenvalue weighted by Crippen LogP contribution is 2.29. The van der Waals surface area contributed by atoms with Crippen molar-refractivity contribution < 1.29 is 0 Å². The Morgan fingerprint density at radius 3 is 2.60 bits per heavy atom. The van der Waals surface area contributed by atoms with E-state index in [0.29, 0.717) is 0 Å². The third kappa shape index (κ3) is 4.92. The number of nitrogens with one attached hydrogen (secondary N) is 1. The standard InChI is InChI=1S/C24H26ClN5/c25-18-12-9-16(10-13-18)11-14-19-15-17-5-1-2-6-20(17)23(28-19)29-21-7-3-4-8-22(21)30-24(26)27/h1-2,5-6,9-15,21-22H,3-4,7-8H2,(H,28,29)(H4,26,27,30)/b14-11-. The molecule has 0 amide bonds. The summed E-state index contributed by atoms with van der Waals surface area (Å²) in [7, 11) is 0. The molecule has 0 aliphatic heterocycles. The van der Waals surface area contributed by atoms with E-state index in [1.54, 1.807) is 0 Å². The largest absolute Gasteiger partial charge is 0.370 e. The van der Waals surface area contributed by atoms with E-state index >= 15 is 0 Å². The van der Waals surface area contributed by atoms with Crippen LogP contribution in [0.4, 0.5) is 5.82 Å². The van der Waals surface area contributed by atoms with E-state index in [-0.39, 0.29) is 18.0 Å². The van der Waals surface area contributed by atoms with Gasteiger partial charge in [-0.3, -0.25) is 0 Å². The first-order valence-electron chi connectivity index (χ1n) is 10.3. The monoisotopic (exact) mass is 419 g/mol. The molecule has 5 N–H and O–H groups in total. The lowest BCUT2D eigenvalue weighted by molar-refractivity contribution is 0.405. The molecule has 2 atom stereocenters. The van der Waals surface area contributed by atoms with E-state index in [4.69, 9.17) is 28.1 Å². The van der Waals surface area contributed by atoms with Crippen molar-refractivity contribution in [2.24, 2.45) is 16.5 Å². The van der Waals surface area contributed by atoms with Crippen molar-refractivity contribution in [3.63, 3.8) is 0 Å². The molecule has 4 rings (SSSR count). The van der Waals surface area contributed by atoms with Crippen LogP contribution in [0.3, 0.4) is 0 Å². The number of aromatic nitrogens is 1. The number of hydrogen-bond acceptors (Lipinski definition) is 3. The summed E-state index contributed by atoms with van der Waals surface area (Å²) in [5.74, 6) is 1.01. The Labute approximate surface area is 181 Å². The molecule has 0 spiro atoms. The number of aliphatic imine (C=N–C) groups is 1. The van der Waals surface area contributed by atoms with Gasteiger partial charge in [0.1, 0.15) is 5.82 Å². The molecule has 6 heteroatoms. The van der Waals surface area contributed by atoms with Crippen LogP contribution in [-0.4, -0.2) is 23.0 Å². The summed E-state index contributed by atoms with van der Waals surface area (Å²) in [6.45, 7) is 0. The molecule has 1 aliphatic carbocycles. The highest BCUT2D eigenvalue weighted by Gasteiger charge is 2.25. The van der Waals surface area contributed by atoms with Crippen molar-refractivity contribution in [2.75, 3.05) is 5.32 Å². The maximum Gasteiger partial charge on any atom is 0.186 e. The van der Waals surface area contributed by atoms with E-state index in [2.05, 4.69) is 28.5 Å². The maximum absolute atomic E-state index is 5.98. The first-order chi connectivity index (χ1) is 14.6. The number of halogens is 1. The lowest BCUT2D eigenvalue weighted by Crippen LogP contribution is -2.38. The molecule has 30 heavy (non-hydrogen) atoms. The van der Waals surface area contributed by atoms with Crippen molar-refractivity contribution in [3.05, 3.63) is 70.9 Å². The Hall–Kier alpha value is -3.05. The van der Waals surface area contributed by atoms with Gasteiger partial charge in [-0.2, -0.15) is 0 Å². The Morgan fingerprint density at radius 2 is 1.80 bits per heavy atom. The minimum Gasteiger partial charge on any atom is -0.370 e. The summed E-state index contributed by atoms with van der Waals surface area (Å²) in [5, 5.41) is 6.60. The fourth-order valence-corrected chi connectivity index (χ4v) is 4.10. The molecule has 2 aromatic carbocycles. The van der Waals surface area contributed by atoms with E-state index in [1.165, 1.54) is 0 Å². The number of nitrogens with zero attached hydrogens (tertiary/aromatic N) is 2. The van der Waals surface area contributed by atoms with Gasteiger partial charge in [0.2, 0.25) is 0 Å². The Morgan fingerprint density at radius 1 is 1.03 bits per heavy atom. The number of guanidine groups is 1. The second-order valence-corrected chi connectivity index (χ2v) is 8.09. The minimum atomic E-state index is 0.0672. The van der Waals surface area contributed by atoms with Gasteiger partial charge >= 0.3 is 0 Å². The lowest BCUT2D eigenvalue weighted by Gasteiger charge is -2.30. The van der Waals surface area contributed by atoms with Crippen molar-refractivity contribution in [1.29, 1.82) is 0 Å². The normalized spacial score (nSPS) is 19.1. The van der Waals surface area contributed by atoms with Gasteiger partial charge in [0, 0.05) is 10.4 Å². The zero-order chi connectivity index (χ0) is 20.9. The summed E-state index contributed by atoms with van der Waals surface area (Å²) in [5.41, 5.74) is 13.3. The van der Waals surface area contributed by atoms with Gasteiger partial charge in [-0.25, -0.2) is 9.98 Å². The SMILES string of the molecule is NC(N)=NC1CCCCC1Nc1nc(/C=C\c2ccc(Cl)cc2)cc2ccccc12. The molecular formula is C24H26ClN5. The predicted molar refractivity (Wildman–Crippen MR) is 128 cm³/mol. The molecule has 0 bridgehead atoms. The van der Waals surface area contributed by atoms with E-state index in [1.807, 2.05) is 48.6 Å². The van der Waals surface area contributed by atoms with Crippen LogP contribution in [-0.2, 0) is 0 Å². The number of rotatable bonds is 5. The number of nitrogens with two attached hydrogens (primary N) is 2. The van der Waals surface area contributed by atoms with E-state index in [0.717, 1.165) is 58.6 Å². The molecule has 1 fully saturated rings. The molecule has 1 heterocycles. The summed E-state index contributed by atoms with van der Waals surface area (Å²) in [6, 6.07) is 18.3. The summed E-state index contributed by atoms with van der Waals surface area (Å²) < 4.78 is 0. The number of fused-ring (bicyclic) bond motifs is 1. The van der Waals surface area contributed by atoms with Crippen LogP contribution in [0.15, 0.2) is 59.6 Å². The molecule has 0 radical (unpaired) electrons. The summed E-state index contributed by atoms with van der Waals surface area (Å²) in [4.78, 5) is 9.36. The average molecular weight is 420 g/mol. The van der Waals surface area contributed by atoms with Crippen LogP contribution >= 0.6 is 11.6 Å². The number of benzene rings is 2. The topological polar surface area (TPSA) is 89.3 Å². The molecule has 1 saturated carbocycles. The molecule has 1 aromatic heterocycles. The second kappa shape index (κ2) is 9.18. The van der Waals surface area contributed by atoms with Crippen molar-refractivity contribution in [2.45, 2.75) is 37.8 Å². The zero-order valence-electron chi connectivity index (χ0n) is 16.8. The Kier molecular flexibility index (Phi) is 6.19. The molecular weight excluding hydrogens is 394 g/mol. The van der Waals surface area contributed by atoms with Crippen molar-refractivity contribution >= 4 is 46.3 Å². The van der Waals surface area contributed by atoms with Gasteiger partial charge < -0.3 is 16.8 Å². The van der Waals surface area contributed by atoms with Gasteiger partial charge in [0.25, 0.3) is 0 Å². The fraction of sp³-hybridized carbons (Fsp3) is 0.250. The lowest BCUT2D eigenvalue weighted by atomic mass is 9.90. The molecule has 0 saturated heterocycles. The van der Waals surface area contributed by atoms with Gasteiger partial charge in [0.05, 0.1) is 17.8 Å². The van der Waals surface area contributed by atoms with Crippen molar-refractivity contribution in [1.82, 2.24) is 4.98 Å². The molecule has 2 unspecified atom stereocenters. The highest BCUT2D eigenvalue weighted by molar-refractivity contribution is 6.30.